The van der Waals surface area contributed by atoms with Gasteiger partial charge in [0.15, 0.2) is 0 Å². The van der Waals surface area contributed by atoms with E-state index in [1.807, 2.05) is 0 Å². The zero-order valence-electron chi connectivity index (χ0n) is 13.8. The second kappa shape index (κ2) is 9.56. The number of hydrogen-bond acceptors (Lipinski definition) is 3. The van der Waals surface area contributed by atoms with Crippen molar-refractivity contribution in [2.75, 3.05) is 24.7 Å². The molecule has 2 aromatic carbocycles. The average molecular weight is 414 g/mol. The maximum Gasteiger partial charge on any atom is 0.319 e. The maximum atomic E-state index is 12.0. The van der Waals surface area contributed by atoms with Gasteiger partial charge < -0.3 is 16.0 Å². The molecule has 0 saturated heterocycles. The SMILES string of the molecule is CS(=O)c1cccc(NC(=O)NCCNC(=O)c2ccc(Cl)c(Cl)c2)c1. The third-order valence-corrected chi connectivity index (χ3v) is 4.96. The summed E-state index contributed by atoms with van der Waals surface area (Å²) in [6.45, 7) is 0.476. The van der Waals surface area contributed by atoms with Crippen LogP contribution >= 0.6 is 23.2 Å². The number of halogens is 2. The Morgan fingerprint density at radius 1 is 1.00 bits per heavy atom. The lowest BCUT2D eigenvalue weighted by atomic mass is 10.2. The third kappa shape index (κ3) is 6.01. The molecule has 3 amide bonds. The van der Waals surface area contributed by atoms with Gasteiger partial charge in [0.05, 0.1) is 10.0 Å². The van der Waals surface area contributed by atoms with Gasteiger partial charge in [-0.05, 0) is 36.4 Å². The molecule has 0 aliphatic rings. The van der Waals surface area contributed by atoms with Gasteiger partial charge in [0.1, 0.15) is 0 Å². The summed E-state index contributed by atoms with van der Waals surface area (Å²) in [7, 11) is -1.12. The van der Waals surface area contributed by atoms with Crippen LogP contribution in [0, 0.1) is 0 Å². The number of carbonyl (C=O) groups is 2. The maximum absolute atomic E-state index is 12.0. The average Bonchev–Trinajstić information content (AvgIpc) is 2.61. The highest BCUT2D eigenvalue weighted by Crippen LogP contribution is 2.22. The first kappa shape index (κ1) is 20.2. The van der Waals surface area contributed by atoms with Crippen molar-refractivity contribution < 1.29 is 13.8 Å². The largest absolute Gasteiger partial charge is 0.350 e. The minimum absolute atomic E-state index is 0.234. The monoisotopic (exact) mass is 413 g/mol. The smallest absolute Gasteiger partial charge is 0.319 e. The Labute approximate surface area is 163 Å². The summed E-state index contributed by atoms with van der Waals surface area (Å²) >= 11 is 11.7. The summed E-state index contributed by atoms with van der Waals surface area (Å²) in [6.07, 6.45) is 1.57. The predicted octanol–water partition coefficient (Wildman–Crippen LogP) is 3.28. The minimum atomic E-state index is -1.12. The quantitative estimate of drug-likeness (QED) is 0.634. The van der Waals surface area contributed by atoms with Crippen LogP contribution in [0.3, 0.4) is 0 Å². The molecule has 2 rings (SSSR count). The van der Waals surface area contributed by atoms with E-state index < -0.39 is 16.8 Å². The van der Waals surface area contributed by atoms with Crippen LogP contribution in [0.1, 0.15) is 10.4 Å². The van der Waals surface area contributed by atoms with Crippen molar-refractivity contribution in [2.24, 2.45) is 0 Å². The van der Waals surface area contributed by atoms with Crippen molar-refractivity contribution >= 4 is 51.6 Å². The third-order valence-electron chi connectivity index (χ3n) is 3.30. The van der Waals surface area contributed by atoms with E-state index in [0.717, 1.165) is 0 Å². The minimum Gasteiger partial charge on any atom is -0.350 e. The number of carbonyl (C=O) groups excluding carboxylic acids is 2. The van der Waals surface area contributed by atoms with Gasteiger partial charge in [-0.3, -0.25) is 9.00 Å². The lowest BCUT2D eigenvalue weighted by Gasteiger charge is -2.09. The van der Waals surface area contributed by atoms with E-state index in [2.05, 4.69) is 16.0 Å². The van der Waals surface area contributed by atoms with E-state index in [0.29, 0.717) is 26.2 Å². The van der Waals surface area contributed by atoms with Gasteiger partial charge in [-0.1, -0.05) is 29.3 Å². The molecular weight excluding hydrogens is 397 g/mol. The molecule has 0 aromatic heterocycles. The first-order valence-corrected chi connectivity index (χ1v) is 9.90. The van der Waals surface area contributed by atoms with E-state index in [1.165, 1.54) is 6.07 Å². The number of anilines is 1. The molecular formula is C17H17Cl2N3O3S. The second-order valence-electron chi connectivity index (χ2n) is 5.25. The van der Waals surface area contributed by atoms with Crippen LogP contribution in [-0.2, 0) is 10.8 Å². The molecule has 0 aliphatic heterocycles. The molecule has 2 aromatic rings. The van der Waals surface area contributed by atoms with E-state index in [4.69, 9.17) is 23.2 Å². The summed E-state index contributed by atoms with van der Waals surface area (Å²) in [6, 6.07) is 10.9. The zero-order chi connectivity index (χ0) is 19.1. The lowest BCUT2D eigenvalue weighted by Crippen LogP contribution is -2.36. The summed E-state index contributed by atoms with van der Waals surface area (Å²) in [5.41, 5.74) is 0.920. The molecule has 26 heavy (non-hydrogen) atoms. The number of nitrogens with one attached hydrogen (secondary N) is 3. The Morgan fingerprint density at radius 2 is 1.73 bits per heavy atom. The van der Waals surface area contributed by atoms with Crippen LogP contribution in [0.25, 0.3) is 0 Å². The molecule has 0 heterocycles. The van der Waals surface area contributed by atoms with Crippen LogP contribution in [0.5, 0.6) is 0 Å². The molecule has 0 radical (unpaired) electrons. The lowest BCUT2D eigenvalue weighted by molar-refractivity contribution is 0.0954. The standard InChI is InChI=1S/C17H17Cl2N3O3S/c1-26(25)13-4-2-3-12(10-13)22-17(24)21-8-7-20-16(23)11-5-6-14(18)15(19)9-11/h2-6,9-10H,7-8H2,1H3,(H,20,23)(H2,21,22,24). The van der Waals surface area contributed by atoms with Crippen molar-refractivity contribution in [3.8, 4) is 0 Å². The molecule has 138 valence electrons. The summed E-state index contributed by atoms with van der Waals surface area (Å²) < 4.78 is 11.4. The van der Waals surface area contributed by atoms with Gasteiger partial charge in [0.25, 0.3) is 5.91 Å². The second-order valence-corrected chi connectivity index (χ2v) is 7.44. The Bertz CT molecular complexity index is 846. The Hall–Kier alpha value is -2.09. The first-order valence-electron chi connectivity index (χ1n) is 7.58. The van der Waals surface area contributed by atoms with Gasteiger partial charge >= 0.3 is 6.03 Å². The van der Waals surface area contributed by atoms with E-state index in [9.17, 15) is 13.8 Å². The Balaban J connectivity index is 1.76. The fraction of sp³-hybridized carbons (Fsp3) is 0.176. The van der Waals surface area contributed by atoms with E-state index in [-0.39, 0.29) is 19.0 Å². The number of urea groups is 1. The molecule has 0 spiro atoms. The number of hydrogen-bond donors (Lipinski definition) is 3. The van der Waals surface area contributed by atoms with Crippen molar-refractivity contribution in [3.05, 3.63) is 58.1 Å². The van der Waals surface area contributed by atoms with Crippen LogP contribution in [-0.4, -0.2) is 35.5 Å². The van der Waals surface area contributed by atoms with Gasteiger partial charge in [-0.2, -0.15) is 0 Å². The van der Waals surface area contributed by atoms with Gasteiger partial charge in [-0.15, -0.1) is 0 Å². The molecule has 1 atom stereocenters. The summed E-state index contributed by atoms with van der Waals surface area (Å²) in [4.78, 5) is 24.4. The van der Waals surface area contributed by atoms with E-state index >= 15 is 0 Å². The van der Waals surface area contributed by atoms with Gasteiger partial charge in [-0.25, -0.2) is 4.79 Å². The highest BCUT2D eigenvalue weighted by Gasteiger charge is 2.08. The van der Waals surface area contributed by atoms with Crippen molar-refractivity contribution in [2.45, 2.75) is 4.90 Å². The molecule has 3 N–H and O–H groups in total. The van der Waals surface area contributed by atoms with Gasteiger partial charge in [0, 0.05) is 46.3 Å². The van der Waals surface area contributed by atoms with Crippen LogP contribution in [0.15, 0.2) is 47.4 Å². The van der Waals surface area contributed by atoms with Crippen LogP contribution in [0.4, 0.5) is 10.5 Å². The first-order chi connectivity index (χ1) is 12.4. The fourth-order valence-corrected chi connectivity index (χ4v) is 2.88. The van der Waals surface area contributed by atoms with E-state index in [1.54, 1.807) is 42.7 Å². The van der Waals surface area contributed by atoms with Crippen molar-refractivity contribution in [3.63, 3.8) is 0 Å². The van der Waals surface area contributed by atoms with Gasteiger partial charge in [0.2, 0.25) is 0 Å². The molecule has 0 aliphatic carbocycles. The van der Waals surface area contributed by atoms with Crippen LogP contribution in [0.2, 0.25) is 10.0 Å². The fourth-order valence-electron chi connectivity index (χ4n) is 2.02. The topological polar surface area (TPSA) is 87.3 Å². The molecule has 0 bridgehead atoms. The van der Waals surface area contributed by atoms with Crippen molar-refractivity contribution in [1.29, 1.82) is 0 Å². The summed E-state index contributed by atoms with van der Waals surface area (Å²) in [5, 5.41) is 8.60. The number of benzene rings is 2. The molecule has 0 saturated carbocycles. The normalized spacial score (nSPS) is 11.5. The molecule has 6 nitrogen and oxygen atoms in total. The Kier molecular flexibility index (Phi) is 7.44. The van der Waals surface area contributed by atoms with Crippen LogP contribution < -0.4 is 16.0 Å². The highest BCUT2D eigenvalue weighted by molar-refractivity contribution is 7.84. The highest BCUT2D eigenvalue weighted by atomic mass is 35.5. The number of rotatable bonds is 6. The number of amides is 3. The summed E-state index contributed by atoms with van der Waals surface area (Å²) in [5.74, 6) is -0.316. The molecule has 0 fully saturated rings. The van der Waals surface area contributed by atoms with Crippen molar-refractivity contribution in [1.82, 2.24) is 10.6 Å². The predicted molar refractivity (Wildman–Crippen MR) is 105 cm³/mol. The molecule has 1 unspecified atom stereocenters. The zero-order valence-corrected chi connectivity index (χ0v) is 16.2. The molecule has 9 heteroatoms. The Morgan fingerprint density at radius 3 is 2.42 bits per heavy atom.